The minimum absolute atomic E-state index is 0.110. The molecule has 156 valence electrons. The van der Waals surface area contributed by atoms with Crippen LogP contribution in [0.4, 0.5) is 4.39 Å². The number of phenolic OH excluding ortho intramolecular Hbond substituents is 1. The van der Waals surface area contributed by atoms with Crippen LogP contribution in [0.25, 0.3) is 0 Å². The molecule has 5 nitrogen and oxygen atoms in total. The molecular weight excluding hydrogens is 373 g/mol. The first-order valence-corrected chi connectivity index (χ1v) is 11.3. The second kappa shape index (κ2) is 5.45. The van der Waals surface area contributed by atoms with Gasteiger partial charge in [-0.3, -0.25) is 4.90 Å². The molecule has 1 N–H and O–H groups in total. The number of ether oxygens (including phenoxy) is 3. The van der Waals surface area contributed by atoms with Crippen LogP contribution >= 0.6 is 0 Å². The largest absolute Gasteiger partial charge is 0.504 e. The predicted molar refractivity (Wildman–Crippen MR) is 103 cm³/mol. The van der Waals surface area contributed by atoms with Crippen LogP contribution in [0.2, 0.25) is 0 Å². The minimum Gasteiger partial charge on any atom is -0.504 e. The highest BCUT2D eigenvalue weighted by Gasteiger charge is 2.78. The Morgan fingerprint density at radius 2 is 1.97 bits per heavy atom. The maximum atomic E-state index is 17.4. The van der Waals surface area contributed by atoms with E-state index in [1.54, 1.807) is 6.07 Å². The molecule has 1 aromatic carbocycles. The number of nitrogens with zero attached hydrogens (tertiary/aromatic N) is 1. The molecule has 2 bridgehead atoms. The summed E-state index contributed by atoms with van der Waals surface area (Å²) < 4.78 is 36.0. The standard InChI is InChI=1S/C23H28FNO4/c24-22-6-7-23(27-10-11-28-23)20-21(22)8-9-25(13-14-2-1-3-14)17(22)12-15-4-5-16(26)19(29-20)18(15)21/h4-5,14,17,20,26H,1-3,6-13H2/t17-,20?,21+,22?/m1/s1. The van der Waals surface area contributed by atoms with E-state index in [1.807, 2.05) is 6.07 Å². The third kappa shape index (κ3) is 1.88. The summed E-state index contributed by atoms with van der Waals surface area (Å²) in [5, 5.41) is 10.6. The fraction of sp³-hybridized carbons (Fsp3) is 0.739. The van der Waals surface area contributed by atoms with Gasteiger partial charge in [-0.25, -0.2) is 4.39 Å². The monoisotopic (exact) mass is 401 g/mol. The number of aromatic hydroxyl groups is 1. The zero-order valence-electron chi connectivity index (χ0n) is 16.7. The van der Waals surface area contributed by atoms with Crippen molar-refractivity contribution in [1.82, 2.24) is 4.90 Å². The van der Waals surface area contributed by atoms with Gasteiger partial charge in [0.05, 0.1) is 18.6 Å². The van der Waals surface area contributed by atoms with Crippen molar-refractivity contribution in [2.75, 3.05) is 26.3 Å². The van der Waals surface area contributed by atoms with Crippen molar-refractivity contribution in [3.8, 4) is 11.5 Å². The quantitative estimate of drug-likeness (QED) is 0.826. The molecule has 0 aromatic heterocycles. The first-order chi connectivity index (χ1) is 14.1. The second-order valence-electron chi connectivity index (χ2n) is 10.1. The number of piperidine rings is 1. The number of hydrogen-bond acceptors (Lipinski definition) is 5. The number of halogens is 1. The van der Waals surface area contributed by atoms with Crippen molar-refractivity contribution in [3.05, 3.63) is 23.3 Å². The van der Waals surface area contributed by atoms with Crippen LogP contribution in [-0.4, -0.2) is 59.9 Å². The Hall–Kier alpha value is -1.37. The van der Waals surface area contributed by atoms with Crippen molar-refractivity contribution in [1.29, 1.82) is 0 Å². The van der Waals surface area contributed by atoms with E-state index in [0.717, 1.165) is 30.1 Å². The Bertz CT molecular complexity index is 882. The summed E-state index contributed by atoms with van der Waals surface area (Å²) in [4.78, 5) is 2.44. The molecule has 6 aliphatic rings. The van der Waals surface area contributed by atoms with Gasteiger partial charge in [-0.2, -0.15) is 0 Å². The summed E-state index contributed by atoms with van der Waals surface area (Å²) in [6.07, 6.45) is 5.64. The lowest BCUT2D eigenvalue weighted by molar-refractivity contribution is -0.283. The average Bonchev–Trinajstić information content (AvgIpc) is 3.28. The maximum Gasteiger partial charge on any atom is 0.207 e. The first kappa shape index (κ1) is 17.3. The highest BCUT2D eigenvalue weighted by atomic mass is 19.1. The van der Waals surface area contributed by atoms with E-state index in [1.165, 1.54) is 19.3 Å². The summed E-state index contributed by atoms with van der Waals surface area (Å²) in [7, 11) is 0. The molecule has 2 saturated carbocycles. The number of hydrogen-bond donors (Lipinski definition) is 1. The van der Waals surface area contributed by atoms with Gasteiger partial charge in [0, 0.05) is 24.6 Å². The van der Waals surface area contributed by atoms with Crippen LogP contribution in [0.15, 0.2) is 12.1 Å². The van der Waals surface area contributed by atoms with Gasteiger partial charge >= 0.3 is 0 Å². The molecule has 4 fully saturated rings. The smallest absolute Gasteiger partial charge is 0.207 e. The van der Waals surface area contributed by atoms with Crippen molar-refractivity contribution in [3.63, 3.8) is 0 Å². The minimum atomic E-state index is -1.38. The van der Waals surface area contributed by atoms with E-state index in [9.17, 15) is 5.11 Å². The van der Waals surface area contributed by atoms with E-state index < -0.39 is 23.0 Å². The molecule has 1 aromatic rings. The molecule has 0 amide bonds. The molecule has 3 heterocycles. The number of alkyl halides is 1. The van der Waals surface area contributed by atoms with Gasteiger partial charge in [-0.1, -0.05) is 12.5 Å². The lowest BCUT2D eigenvalue weighted by Crippen LogP contribution is -2.78. The molecule has 3 aliphatic heterocycles. The Morgan fingerprint density at radius 3 is 2.72 bits per heavy atom. The molecule has 2 saturated heterocycles. The maximum absolute atomic E-state index is 17.4. The highest BCUT2D eigenvalue weighted by Crippen LogP contribution is 2.69. The SMILES string of the molecule is Oc1ccc2c3c1OC1C4(CCC5(F)[C@@H](C2)N(CC2CCC2)CC[C@]315)OCCO4. The third-order valence-corrected chi connectivity index (χ3v) is 9.00. The van der Waals surface area contributed by atoms with Crippen LogP contribution < -0.4 is 4.74 Å². The zero-order chi connectivity index (χ0) is 19.4. The lowest BCUT2D eigenvalue weighted by atomic mass is 9.49. The Labute approximate surface area is 170 Å². The summed E-state index contributed by atoms with van der Waals surface area (Å²) in [6.45, 7) is 2.91. The van der Waals surface area contributed by atoms with Gasteiger partial charge in [0.15, 0.2) is 17.6 Å². The predicted octanol–water partition coefficient (Wildman–Crippen LogP) is 3.07. The van der Waals surface area contributed by atoms with Crippen molar-refractivity contribution < 1.29 is 23.7 Å². The number of benzene rings is 1. The highest BCUT2D eigenvalue weighted by molar-refractivity contribution is 5.62. The number of phenols is 1. The van der Waals surface area contributed by atoms with Gasteiger partial charge in [-0.15, -0.1) is 0 Å². The van der Waals surface area contributed by atoms with Gasteiger partial charge in [0.2, 0.25) is 5.79 Å². The van der Waals surface area contributed by atoms with Crippen LogP contribution in [0.5, 0.6) is 11.5 Å². The normalized spacial score (nSPS) is 41.8. The van der Waals surface area contributed by atoms with Gasteiger partial charge in [0.25, 0.3) is 0 Å². The van der Waals surface area contributed by atoms with E-state index in [4.69, 9.17) is 14.2 Å². The topological polar surface area (TPSA) is 51.2 Å². The second-order valence-corrected chi connectivity index (χ2v) is 10.1. The van der Waals surface area contributed by atoms with E-state index in [0.29, 0.717) is 44.6 Å². The fourth-order valence-corrected chi connectivity index (χ4v) is 7.53. The molecule has 3 aliphatic carbocycles. The van der Waals surface area contributed by atoms with Crippen LogP contribution in [0.1, 0.15) is 49.7 Å². The summed E-state index contributed by atoms with van der Waals surface area (Å²) in [5.74, 6) is 0.409. The molecule has 4 atom stereocenters. The summed E-state index contributed by atoms with van der Waals surface area (Å²) in [6, 6.07) is 3.56. The van der Waals surface area contributed by atoms with Gasteiger partial charge in [0.1, 0.15) is 5.67 Å². The van der Waals surface area contributed by atoms with Crippen LogP contribution in [0, 0.1) is 5.92 Å². The van der Waals surface area contributed by atoms with Gasteiger partial charge < -0.3 is 19.3 Å². The number of rotatable bonds is 2. The van der Waals surface area contributed by atoms with E-state index in [-0.39, 0.29) is 11.8 Å². The van der Waals surface area contributed by atoms with Crippen molar-refractivity contribution in [2.45, 2.75) is 74.0 Å². The van der Waals surface area contributed by atoms with Crippen LogP contribution in [0.3, 0.4) is 0 Å². The summed E-state index contributed by atoms with van der Waals surface area (Å²) in [5.41, 5.74) is -0.140. The van der Waals surface area contributed by atoms with Crippen LogP contribution in [-0.2, 0) is 21.3 Å². The molecule has 7 rings (SSSR count). The fourth-order valence-electron chi connectivity index (χ4n) is 7.53. The molecule has 6 heteroatoms. The number of fused-ring (bicyclic) bond motifs is 1. The van der Waals surface area contributed by atoms with E-state index >= 15 is 4.39 Å². The average molecular weight is 401 g/mol. The number of likely N-dealkylation sites (tertiary alicyclic amines) is 1. The third-order valence-electron chi connectivity index (χ3n) is 9.00. The van der Waals surface area contributed by atoms with Crippen molar-refractivity contribution in [2.24, 2.45) is 5.92 Å². The molecule has 29 heavy (non-hydrogen) atoms. The van der Waals surface area contributed by atoms with Crippen molar-refractivity contribution >= 4 is 0 Å². The first-order valence-electron chi connectivity index (χ1n) is 11.3. The van der Waals surface area contributed by atoms with E-state index in [2.05, 4.69) is 4.90 Å². The van der Waals surface area contributed by atoms with Gasteiger partial charge in [-0.05, 0) is 56.2 Å². The molecule has 2 unspecified atom stereocenters. The zero-order valence-corrected chi connectivity index (χ0v) is 16.7. The molecule has 2 spiro atoms. The lowest BCUT2D eigenvalue weighted by Gasteiger charge is -2.64. The molecule has 0 radical (unpaired) electrons. The summed E-state index contributed by atoms with van der Waals surface area (Å²) >= 11 is 0. The molecular formula is C23H28FNO4. The Balaban J connectivity index is 1.41. The Kier molecular flexibility index (Phi) is 3.26. The Morgan fingerprint density at radius 1 is 1.14 bits per heavy atom.